The molecule has 2 N–H and O–H groups in total. The average Bonchev–Trinajstić information content (AvgIpc) is 2.40. The van der Waals surface area contributed by atoms with Gasteiger partial charge in [0.2, 0.25) is 0 Å². The highest BCUT2D eigenvalue weighted by molar-refractivity contribution is 8.25. The summed E-state index contributed by atoms with van der Waals surface area (Å²) in [6.45, 7) is 0. The van der Waals surface area contributed by atoms with Crippen LogP contribution in [0.15, 0.2) is 60.7 Å². The summed E-state index contributed by atoms with van der Waals surface area (Å²) in [4.78, 5) is 0. The Balaban J connectivity index is 1.84. The van der Waals surface area contributed by atoms with E-state index >= 15 is 0 Å². The van der Waals surface area contributed by atoms with Crippen molar-refractivity contribution < 1.29 is 9.47 Å². The van der Waals surface area contributed by atoms with Crippen LogP contribution in [0.5, 0.6) is 11.5 Å². The van der Waals surface area contributed by atoms with Crippen LogP contribution in [-0.2, 0) is 0 Å². The molecular formula is C14H12N2O2S. The zero-order valence-corrected chi connectivity index (χ0v) is 10.8. The summed E-state index contributed by atoms with van der Waals surface area (Å²) in [5.74, 6) is 1.13. The molecule has 0 bridgehead atoms. The van der Waals surface area contributed by atoms with Gasteiger partial charge in [-0.2, -0.15) is 0 Å². The third-order valence-corrected chi connectivity index (χ3v) is 2.63. The molecule has 0 amide bonds. The van der Waals surface area contributed by atoms with Gasteiger partial charge < -0.3 is 9.47 Å². The fraction of sp³-hybridized carbons (Fsp3) is 0. The normalized spacial score (nSPS) is 9.68. The zero-order valence-electron chi connectivity index (χ0n) is 10.00. The van der Waals surface area contributed by atoms with Crippen LogP contribution in [-0.4, -0.2) is 10.5 Å². The molecule has 0 fully saturated rings. The summed E-state index contributed by atoms with van der Waals surface area (Å²) >= 11 is 0.811. The van der Waals surface area contributed by atoms with E-state index in [0.717, 1.165) is 11.8 Å². The van der Waals surface area contributed by atoms with Gasteiger partial charge in [-0.05, 0) is 24.3 Å². The first-order valence-corrected chi connectivity index (χ1v) is 6.36. The van der Waals surface area contributed by atoms with Gasteiger partial charge in [-0.3, -0.25) is 10.8 Å². The first kappa shape index (κ1) is 13.2. The van der Waals surface area contributed by atoms with Crippen LogP contribution < -0.4 is 9.47 Å². The predicted molar refractivity (Wildman–Crippen MR) is 77.2 cm³/mol. The molecule has 4 nitrogen and oxygen atoms in total. The topological polar surface area (TPSA) is 66.2 Å². The number of benzene rings is 2. The molecule has 0 aliphatic carbocycles. The van der Waals surface area contributed by atoms with E-state index in [1.807, 2.05) is 36.4 Å². The number of thioether (sulfide) groups is 1. The molecule has 0 aromatic heterocycles. The molecule has 19 heavy (non-hydrogen) atoms. The second-order valence-corrected chi connectivity index (χ2v) is 4.45. The van der Waals surface area contributed by atoms with Gasteiger partial charge in [0.25, 0.3) is 10.5 Å². The third-order valence-electron chi connectivity index (χ3n) is 2.09. The first-order valence-electron chi connectivity index (χ1n) is 5.55. The minimum Gasteiger partial charge on any atom is -0.434 e. The van der Waals surface area contributed by atoms with E-state index in [-0.39, 0.29) is 10.5 Å². The zero-order chi connectivity index (χ0) is 13.5. The number of nitrogens with one attached hydrogen (secondary N) is 2. The fourth-order valence-electron chi connectivity index (χ4n) is 1.32. The Kier molecular flexibility index (Phi) is 4.58. The van der Waals surface area contributed by atoms with E-state index in [1.54, 1.807) is 24.3 Å². The molecule has 0 aliphatic heterocycles. The van der Waals surface area contributed by atoms with E-state index in [4.69, 9.17) is 20.3 Å². The maximum absolute atomic E-state index is 7.64. The van der Waals surface area contributed by atoms with Crippen molar-refractivity contribution in [2.75, 3.05) is 0 Å². The van der Waals surface area contributed by atoms with Crippen molar-refractivity contribution in [3.63, 3.8) is 0 Å². The second-order valence-electron chi connectivity index (χ2n) is 3.51. The molecule has 5 heteroatoms. The molecule has 0 atom stereocenters. The number of rotatable bonds is 2. The summed E-state index contributed by atoms with van der Waals surface area (Å²) in [5, 5.41) is 15.1. The van der Waals surface area contributed by atoms with E-state index in [2.05, 4.69) is 0 Å². The molecule has 0 unspecified atom stereocenters. The van der Waals surface area contributed by atoms with E-state index < -0.39 is 0 Å². The monoisotopic (exact) mass is 272 g/mol. The molecule has 0 aliphatic rings. The van der Waals surface area contributed by atoms with Crippen molar-refractivity contribution in [2.24, 2.45) is 0 Å². The Morgan fingerprint density at radius 2 is 1.05 bits per heavy atom. The van der Waals surface area contributed by atoms with Crippen LogP contribution in [0.2, 0.25) is 0 Å². The van der Waals surface area contributed by atoms with Gasteiger partial charge in [-0.1, -0.05) is 36.4 Å². The molecule has 2 aromatic carbocycles. The summed E-state index contributed by atoms with van der Waals surface area (Å²) in [6, 6.07) is 18.0. The Morgan fingerprint density at radius 3 is 1.42 bits per heavy atom. The minimum absolute atomic E-state index is 0.105. The van der Waals surface area contributed by atoms with Crippen molar-refractivity contribution in [3.05, 3.63) is 60.7 Å². The molecule has 0 radical (unpaired) electrons. The maximum atomic E-state index is 7.64. The number of ether oxygens (including phenoxy) is 2. The van der Waals surface area contributed by atoms with Crippen LogP contribution >= 0.6 is 11.8 Å². The van der Waals surface area contributed by atoms with Crippen molar-refractivity contribution in [1.29, 1.82) is 10.8 Å². The Labute approximate surface area is 115 Å². The molecule has 2 aromatic rings. The summed E-state index contributed by atoms with van der Waals surface area (Å²) in [5.41, 5.74) is 0. The second kappa shape index (κ2) is 6.61. The number of para-hydroxylation sites is 2. The van der Waals surface area contributed by atoms with Crippen molar-refractivity contribution in [1.82, 2.24) is 0 Å². The Bertz CT molecular complexity index is 507. The average molecular weight is 272 g/mol. The smallest absolute Gasteiger partial charge is 0.257 e. The summed E-state index contributed by atoms with van der Waals surface area (Å²) in [7, 11) is 0. The molecular weight excluding hydrogens is 260 g/mol. The van der Waals surface area contributed by atoms with Crippen molar-refractivity contribution in [3.8, 4) is 11.5 Å². The van der Waals surface area contributed by atoms with Crippen LogP contribution in [0.3, 0.4) is 0 Å². The third kappa shape index (κ3) is 4.48. The summed E-state index contributed by atoms with van der Waals surface area (Å²) in [6.07, 6.45) is 0. The number of hydrogen-bond acceptors (Lipinski definition) is 5. The van der Waals surface area contributed by atoms with Gasteiger partial charge >= 0.3 is 0 Å². The van der Waals surface area contributed by atoms with Gasteiger partial charge in [0.05, 0.1) is 0 Å². The minimum atomic E-state index is -0.105. The van der Waals surface area contributed by atoms with E-state index in [1.165, 1.54) is 0 Å². The quantitative estimate of drug-likeness (QED) is 0.646. The maximum Gasteiger partial charge on any atom is 0.257 e. The molecule has 96 valence electrons. The number of hydrogen-bond donors (Lipinski definition) is 2. The highest BCUT2D eigenvalue weighted by atomic mass is 32.2. The predicted octanol–water partition coefficient (Wildman–Crippen LogP) is 3.75. The molecule has 0 saturated carbocycles. The van der Waals surface area contributed by atoms with Crippen LogP contribution in [0.25, 0.3) is 0 Å². The first-order chi connectivity index (χ1) is 9.24. The van der Waals surface area contributed by atoms with Crippen molar-refractivity contribution >= 4 is 22.2 Å². The van der Waals surface area contributed by atoms with Gasteiger partial charge in [-0.25, -0.2) is 0 Å². The fourth-order valence-corrected chi connectivity index (χ4v) is 1.76. The van der Waals surface area contributed by atoms with Crippen molar-refractivity contribution in [2.45, 2.75) is 0 Å². The molecule has 0 saturated heterocycles. The lowest BCUT2D eigenvalue weighted by atomic mass is 10.3. The largest absolute Gasteiger partial charge is 0.434 e. The van der Waals surface area contributed by atoms with Crippen LogP contribution in [0.4, 0.5) is 0 Å². The SMILES string of the molecule is N=C(Oc1ccccc1)SC(=N)Oc1ccccc1. The summed E-state index contributed by atoms with van der Waals surface area (Å²) < 4.78 is 10.5. The molecule has 0 heterocycles. The van der Waals surface area contributed by atoms with E-state index in [9.17, 15) is 0 Å². The lowest BCUT2D eigenvalue weighted by Gasteiger charge is -2.07. The van der Waals surface area contributed by atoms with Gasteiger partial charge in [-0.15, -0.1) is 0 Å². The highest BCUT2D eigenvalue weighted by Gasteiger charge is 2.08. The Hall–Kier alpha value is -2.27. The van der Waals surface area contributed by atoms with Gasteiger partial charge in [0, 0.05) is 11.8 Å². The van der Waals surface area contributed by atoms with Gasteiger partial charge in [0.15, 0.2) is 0 Å². The van der Waals surface area contributed by atoms with Gasteiger partial charge in [0.1, 0.15) is 11.5 Å². The Morgan fingerprint density at radius 1 is 0.684 bits per heavy atom. The van der Waals surface area contributed by atoms with Crippen LogP contribution in [0.1, 0.15) is 0 Å². The highest BCUT2D eigenvalue weighted by Crippen LogP contribution is 2.16. The molecule has 2 rings (SSSR count). The standard InChI is InChI=1S/C14H12N2O2S/c15-13(17-11-7-3-1-4-8-11)19-14(16)18-12-9-5-2-6-10-12/h1-10,15-16H. The van der Waals surface area contributed by atoms with Crippen LogP contribution in [0, 0.1) is 10.8 Å². The van der Waals surface area contributed by atoms with E-state index in [0.29, 0.717) is 11.5 Å². The lowest BCUT2D eigenvalue weighted by molar-refractivity contribution is 0.555. The lowest BCUT2D eigenvalue weighted by Crippen LogP contribution is -2.10. The molecule has 0 spiro atoms.